The minimum absolute atomic E-state index is 0.0229. The van der Waals surface area contributed by atoms with Crippen LogP contribution in [0.5, 0.6) is 69.1 Å². The summed E-state index contributed by atoms with van der Waals surface area (Å²) in [6.07, 6.45) is 11.0. The maximum atomic E-state index is 13.2. The maximum absolute atomic E-state index is 13.2. The molecule has 37 nitrogen and oxygen atoms in total. The molecule has 37 heteroatoms. The van der Waals surface area contributed by atoms with Crippen LogP contribution < -0.4 is 80.4 Å². The van der Waals surface area contributed by atoms with Crippen molar-refractivity contribution in [3.8, 4) is 69.1 Å². The lowest BCUT2D eigenvalue weighted by Crippen LogP contribution is -2.52. The summed E-state index contributed by atoms with van der Waals surface area (Å²) in [5.41, 5.74) is 2.61. The number of hydrogen-bond acceptors (Lipinski definition) is 25. The van der Waals surface area contributed by atoms with E-state index in [2.05, 4.69) is 67.5 Å². The number of benzene rings is 9. The zero-order chi connectivity index (χ0) is 94.6. The standard InChI is InChI=1S/C28H22N4O5.2C24H20N4O5.C23H19N5O5/c1-36-20-9-6-17-15-32(25(33)22(17)14-20)16-28(26(34)30-27(35)31-28)18-7-10-19(11-8-18)37-24-12-13-29-23-5-3-2-4-21(23)24;1-32-19-5-2-15-13-28(21(29)20(15)12-19)14-24(22(30)26-23(31)27-24)16-3-6-17(7-4-16)33-18-8-10-25-11-9-18;1-32-18-8-5-15-13-28(21(29)19(15)12-18)14-24(22(30)26-23(31)27-24)16-6-9-17(10-7-16)33-20-4-2-3-11-25-20;1-32-17-5-2-14-11-28(20(29)19(14)8-17)12-23(21(30)26-22(31)27-23)15-3-6-16(7-4-15)33-18-9-24-13-25-10-18/h2-14H,15-16H2,1H3,(H2,30,31,34,35);2*2-12H,13-14H2,1H3,(H2,26,27,30,31);2-10,13H,11-12H2,1H3,(H2,26,27,30,31)/t28-;2*24-;23-/m0000/s1. The Balaban J connectivity index is 0.000000121. The summed E-state index contributed by atoms with van der Waals surface area (Å²) < 4.78 is 44.2. The molecule has 8 N–H and O–H groups in total. The van der Waals surface area contributed by atoms with E-state index in [4.69, 9.17) is 37.9 Å². The molecule has 0 spiro atoms. The number of carbonyl (C=O) groups is 12. The van der Waals surface area contributed by atoms with E-state index in [-0.39, 0.29) is 49.8 Å². The normalized spacial score (nSPS) is 19.0. The number of fused-ring (bicyclic) bond motifs is 5. The molecule has 0 aliphatic carbocycles. The van der Waals surface area contributed by atoms with Crippen molar-refractivity contribution in [1.82, 2.24) is 87.1 Å². The van der Waals surface area contributed by atoms with Gasteiger partial charge in [-0.15, -0.1) is 0 Å². The highest BCUT2D eigenvalue weighted by molar-refractivity contribution is 6.12. The first-order valence-electron chi connectivity index (χ1n) is 42.3. The third-order valence-corrected chi connectivity index (χ3v) is 24.0. The second kappa shape index (κ2) is 37.0. The van der Waals surface area contributed by atoms with Gasteiger partial charge in [0.25, 0.3) is 47.3 Å². The van der Waals surface area contributed by atoms with Gasteiger partial charge in [0.05, 0.1) is 72.5 Å². The average Bonchev–Trinajstić information content (AvgIpc) is 1.56. The van der Waals surface area contributed by atoms with Crippen LogP contribution in [-0.2, 0) is 67.5 Å². The quantitative estimate of drug-likeness (QED) is 0.0260. The van der Waals surface area contributed by atoms with Crippen LogP contribution in [0.15, 0.2) is 274 Å². The van der Waals surface area contributed by atoms with E-state index in [9.17, 15) is 57.5 Å². The van der Waals surface area contributed by atoms with Crippen LogP contribution in [-0.4, -0.2) is 171 Å². The molecule has 4 fully saturated rings. The maximum Gasteiger partial charge on any atom is 0.322 e. The number of carbonyl (C=O) groups excluding carboxylic acids is 12. The van der Waals surface area contributed by atoms with Crippen molar-refractivity contribution >= 4 is 82.3 Å². The van der Waals surface area contributed by atoms with Gasteiger partial charge in [-0.25, -0.2) is 34.1 Å². The van der Waals surface area contributed by atoms with Crippen LogP contribution in [0.2, 0.25) is 0 Å². The molecule has 8 aliphatic heterocycles. The van der Waals surface area contributed by atoms with Gasteiger partial charge < -0.3 is 78.8 Å². The topological polar surface area (TPSA) is 452 Å². The first-order valence-corrected chi connectivity index (χ1v) is 42.3. The van der Waals surface area contributed by atoms with Crippen LogP contribution in [0, 0.1) is 0 Å². The van der Waals surface area contributed by atoms with E-state index in [1.165, 1.54) is 47.2 Å². The smallest absolute Gasteiger partial charge is 0.322 e. The number of rotatable bonds is 24. The Hall–Kier alpha value is -18.2. The molecule has 8 aliphatic rings. The monoisotopic (exact) mass is 1830 g/mol. The number of hydrogen-bond donors (Lipinski definition) is 8. The van der Waals surface area contributed by atoms with Crippen molar-refractivity contribution in [2.75, 3.05) is 54.6 Å². The summed E-state index contributed by atoms with van der Waals surface area (Å²) >= 11 is 0. The van der Waals surface area contributed by atoms with Gasteiger partial charge in [-0.2, -0.15) is 0 Å². The minimum atomic E-state index is -1.44. The zero-order valence-corrected chi connectivity index (χ0v) is 72.8. The number of urea groups is 4. The van der Waals surface area contributed by atoms with Gasteiger partial charge in [0, 0.05) is 84.7 Å². The van der Waals surface area contributed by atoms with Gasteiger partial charge in [0.2, 0.25) is 5.88 Å². The largest absolute Gasteiger partial charge is 0.497 e. The van der Waals surface area contributed by atoms with Crippen LogP contribution >= 0.6 is 0 Å². The van der Waals surface area contributed by atoms with Crippen LogP contribution in [0.1, 0.15) is 85.9 Å². The second-order valence-electron chi connectivity index (χ2n) is 32.2. The second-order valence-corrected chi connectivity index (χ2v) is 32.2. The van der Waals surface area contributed by atoms with Gasteiger partial charge >= 0.3 is 24.1 Å². The van der Waals surface area contributed by atoms with Crippen molar-refractivity contribution in [2.45, 2.75) is 48.3 Å². The molecule has 12 heterocycles. The van der Waals surface area contributed by atoms with Gasteiger partial charge in [-0.3, -0.25) is 69.6 Å². The van der Waals surface area contributed by atoms with E-state index in [0.29, 0.717) is 140 Å². The first-order chi connectivity index (χ1) is 65.9. The summed E-state index contributed by atoms with van der Waals surface area (Å²) in [5, 5.41) is 21.0. The van der Waals surface area contributed by atoms with Crippen molar-refractivity contribution in [3.05, 3.63) is 341 Å². The summed E-state index contributed by atoms with van der Waals surface area (Å²) in [7, 11) is 6.14. The fourth-order valence-corrected chi connectivity index (χ4v) is 17.2. The summed E-state index contributed by atoms with van der Waals surface area (Å²) in [6, 6.07) is 64.2. The lowest BCUT2D eigenvalue weighted by molar-refractivity contribution is -0.125. The first kappa shape index (κ1) is 88.5. The fraction of sp³-hybridized carbons (Fsp3) is 0.162. The fourth-order valence-electron chi connectivity index (χ4n) is 17.2. The third-order valence-electron chi connectivity index (χ3n) is 24.0. The summed E-state index contributed by atoms with van der Waals surface area (Å²) in [4.78, 5) is 179. The number of aromatic nitrogens is 5. The molecule has 4 saturated heterocycles. The molecule has 136 heavy (non-hydrogen) atoms. The molecule has 4 aromatic heterocycles. The van der Waals surface area contributed by atoms with Gasteiger partial charge in [0.15, 0.2) is 27.9 Å². The highest BCUT2D eigenvalue weighted by Gasteiger charge is 2.55. The Labute approximate surface area is 773 Å². The van der Waals surface area contributed by atoms with E-state index in [0.717, 1.165) is 33.2 Å². The number of nitrogens with one attached hydrogen (secondary N) is 8. The molecular formula is C99H81N17O20. The van der Waals surface area contributed by atoms with Gasteiger partial charge in [-0.05, 0) is 178 Å². The molecule has 9 aromatic carbocycles. The van der Waals surface area contributed by atoms with Crippen LogP contribution in [0.3, 0.4) is 0 Å². The van der Waals surface area contributed by atoms with E-state index >= 15 is 0 Å². The lowest BCUT2D eigenvalue weighted by Gasteiger charge is -2.31. The SMILES string of the molecule is COc1ccc2c(c1)C(=O)N(C[C@@]1(c3ccc(Oc4ccccn4)cc3)NC(=O)NC1=O)C2.COc1ccc2c(c1)C(=O)N(C[C@@]1(c3ccc(Oc4ccnc5ccccc45)cc3)NC(=O)NC1=O)C2.COc1ccc2c(c1)C(=O)N(C[C@@]1(c3ccc(Oc4ccncc4)cc3)NC(=O)NC1=O)C2.COc1ccc2c(c1)C(=O)N(C[C@@]1(c3ccc(Oc4cncnc4)cc3)NC(=O)NC1=O)C2. The van der Waals surface area contributed by atoms with E-state index < -0.39 is 69.9 Å². The van der Waals surface area contributed by atoms with Crippen LogP contribution in [0.25, 0.3) is 10.9 Å². The molecule has 16 amide bonds. The molecule has 0 radical (unpaired) electrons. The van der Waals surface area contributed by atoms with E-state index in [1.54, 1.807) is 220 Å². The molecule has 0 saturated carbocycles. The van der Waals surface area contributed by atoms with E-state index in [1.807, 2.05) is 54.6 Å². The predicted molar refractivity (Wildman–Crippen MR) is 483 cm³/mol. The number of ether oxygens (including phenoxy) is 8. The number of nitrogens with zero attached hydrogens (tertiary/aromatic N) is 9. The van der Waals surface area contributed by atoms with Gasteiger partial charge in [0.1, 0.15) is 63.8 Å². The third kappa shape index (κ3) is 17.6. The Morgan fingerprint density at radius 3 is 0.941 bits per heavy atom. The molecule has 4 atom stereocenters. The number of pyridine rings is 3. The minimum Gasteiger partial charge on any atom is -0.497 e. The highest BCUT2D eigenvalue weighted by Crippen LogP contribution is 2.41. The molecule has 21 rings (SSSR count). The van der Waals surface area contributed by atoms with Crippen molar-refractivity contribution < 1.29 is 95.4 Å². The Bertz CT molecular complexity index is 6480. The number of imide groups is 4. The summed E-state index contributed by atoms with van der Waals surface area (Å²) in [6.45, 7) is 1.17. The predicted octanol–water partition coefficient (Wildman–Crippen LogP) is 10.8. The van der Waals surface area contributed by atoms with Gasteiger partial charge in [-0.1, -0.05) is 91.0 Å². The molecule has 682 valence electrons. The highest BCUT2D eigenvalue weighted by atomic mass is 16.5. The van der Waals surface area contributed by atoms with Crippen LogP contribution in [0.4, 0.5) is 19.2 Å². The molecular weight excluding hydrogens is 1750 g/mol. The van der Waals surface area contributed by atoms with Crippen molar-refractivity contribution in [3.63, 3.8) is 0 Å². The number of amides is 16. The summed E-state index contributed by atoms with van der Waals surface area (Å²) in [5.74, 6) is 3.60. The molecule has 0 bridgehead atoms. The number of methoxy groups -OCH3 is 4. The average molecular weight is 1830 g/mol. The lowest BCUT2D eigenvalue weighted by atomic mass is 9.89. The Morgan fingerprint density at radius 2 is 0.610 bits per heavy atom. The van der Waals surface area contributed by atoms with Crippen molar-refractivity contribution in [2.24, 2.45) is 0 Å². The Kier molecular flexibility index (Phi) is 24.1. The Morgan fingerprint density at radius 1 is 0.294 bits per heavy atom. The molecule has 13 aromatic rings. The zero-order valence-electron chi connectivity index (χ0n) is 72.8. The molecule has 0 unspecified atom stereocenters. The van der Waals surface area contributed by atoms with Crippen molar-refractivity contribution in [1.29, 1.82) is 0 Å². The number of para-hydroxylation sites is 1.